The number of aliphatic carboxylic acids is 1. The van der Waals surface area contributed by atoms with Gasteiger partial charge in [-0.25, -0.2) is 4.79 Å². The number of ether oxygens (including phenoxy) is 3. The summed E-state index contributed by atoms with van der Waals surface area (Å²) in [6.07, 6.45) is 3.44. The SMILES string of the molecule is C=CCc1cc(/C=C(\C#N)C(=O)Nc2ccc(OCC)cc2)cc(OCC)c1OCC(=O)O. The van der Waals surface area contributed by atoms with E-state index in [4.69, 9.17) is 19.3 Å². The van der Waals surface area contributed by atoms with Crippen molar-refractivity contribution in [2.45, 2.75) is 20.3 Å². The minimum atomic E-state index is -1.12. The quantitative estimate of drug-likeness (QED) is 0.282. The van der Waals surface area contributed by atoms with Crippen LogP contribution >= 0.6 is 0 Å². The molecule has 0 fully saturated rings. The summed E-state index contributed by atoms with van der Waals surface area (Å²) in [4.78, 5) is 23.6. The minimum Gasteiger partial charge on any atom is -0.494 e. The van der Waals surface area contributed by atoms with Crippen LogP contribution < -0.4 is 19.5 Å². The summed E-state index contributed by atoms with van der Waals surface area (Å²) in [5.41, 5.74) is 1.54. The number of carbonyl (C=O) groups is 2. The van der Waals surface area contributed by atoms with E-state index >= 15 is 0 Å². The van der Waals surface area contributed by atoms with Crippen molar-refractivity contribution >= 4 is 23.6 Å². The molecule has 2 rings (SSSR count). The van der Waals surface area contributed by atoms with Crippen LogP contribution in [0.3, 0.4) is 0 Å². The van der Waals surface area contributed by atoms with Gasteiger partial charge in [-0.05, 0) is 68.3 Å². The molecule has 0 spiro atoms. The number of carboxylic acids is 1. The Hall–Kier alpha value is -4.25. The van der Waals surface area contributed by atoms with Crippen LogP contribution in [0.1, 0.15) is 25.0 Å². The van der Waals surface area contributed by atoms with Crippen molar-refractivity contribution in [3.63, 3.8) is 0 Å². The molecule has 8 heteroatoms. The van der Waals surface area contributed by atoms with E-state index in [9.17, 15) is 14.9 Å². The van der Waals surface area contributed by atoms with Gasteiger partial charge in [0.25, 0.3) is 5.91 Å². The first-order valence-electron chi connectivity index (χ1n) is 10.3. The zero-order chi connectivity index (χ0) is 24.2. The Morgan fingerprint density at radius 1 is 1.12 bits per heavy atom. The van der Waals surface area contributed by atoms with Gasteiger partial charge in [0.05, 0.1) is 13.2 Å². The Morgan fingerprint density at radius 3 is 2.39 bits per heavy atom. The third-order valence-electron chi connectivity index (χ3n) is 4.26. The number of hydrogen-bond donors (Lipinski definition) is 2. The summed E-state index contributed by atoms with van der Waals surface area (Å²) in [7, 11) is 0. The summed E-state index contributed by atoms with van der Waals surface area (Å²) in [6.45, 7) is 7.68. The molecule has 0 radical (unpaired) electrons. The minimum absolute atomic E-state index is 0.116. The molecule has 1 amide bonds. The molecule has 2 N–H and O–H groups in total. The summed E-state index contributed by atoms with van der Waals surface area (Å²) in [5.74, 6) is -0.419. The lowest BCUT2D eigenvalue weighted by atomic mass is 10.0. The van der Waals surface area contributed by atoms with Crippen LogP contribution in [0.5, 0.6) is 17.2 Å². The molecular weight excluding hydrogens is 424 g/mol. The number of carbonyl (C=O) groups excluding carboxylic acids is 1. The third kappa shape index (κ3) is 7.43. The molecule has 0 saturated carbocycles. The Balaban J connectivity index is 2.36. The number of nitrogens with one attached hydrogen (secondary N) is 1. The maximum absolute atomic E-state index is 12.7. The Kier molecular flexibility index (Phi) is 9.53. The molecule has 0 aliphatic heterocycles. The molecule has 0 atom stereocenters. The second-order valence-electron chi connectivity index (χ2n) is 6.70. The largest absolute Gasteiger partial charge is 0.494 e. The normalized spacial score (nSPS) is 10.6. The van der Waals surface area contributed by atoms with Gasteiger partial charge in [0.15, 0.2) is 18.1 Å². The number of carboxylic acid groups (broad SMARTS) is 1. The number of rotatable bonds is 12. The standard InChI is InChI=1S/C25H26N2O6/c1-4-7-18-12-17(14-22(32-6-3)24(18)33-16-23(28)29)13-19(15-26)25(30)27-20-8-10-21(11-9-20)31-5-2/h4,8-14H,1,5-7,16H2,2-3H3,(H,27,30)(H,28,29)/b19-13+. The first kappa shape index (κ1) is 25.0. The van der Waals surface area contributed by atoms with Crippen LogP contribution in [-0.4, -0.2) is 36.8 Å². The maximum Gasteiger partial charge on any atom is 0.341 e. The lowest BCUT2D eigenvalue weighted by Gasteiger charge is -2.16. The highest BCUT2D eigenvalue weighted by Gasteiger charge is 2.16. The average Bonchev–Trinajstić information content (AvgIpc) is 2.78. The molecule has 0 aliphatic carbocycles. The van der Waals surface area contributed by atoms with Gasteiger partial charge in [0, 0.05) is 11.3 Å². The van der Waals surface area contributed by atoms with Crippen molar-refractivity contribution in [2.24, 2.45) is 0 Å². The highest BCUT2D eigenvalue weighted by molar-refractivity contribution is 6.09. The summed E-state index contributed by atoms with van der Waals surface area (Å²) in [5, 5.41) is 21.2. The molecule has 8 nitrogen and oxygen atoms in total. The highest BCUT2D eigenvalue weighted by Crippen LogP contribution is 2.34. The molecule has 172 valence electrons. The van der Waals surface area contributed by atoms with Crippen molar-refractivity contribution in [3.8, 4) is 23.3 Å². The molecule has 2 aromatic carbocycles. The smallest absolute Gasteiger partial charge is 0.341 e. The van der Waals surface area contributed by atoms with E-state index < -0.39 is 18.5 Å². The number of benzene rings is 2. The van der Waals surface area contributed by atoms with E-state index in [0.717, 1.165) is 0 Å². The van der Waals surface area contributed by atoms with Crippen LogP contribution in [0, 0.1) is 11.3 Å². The number of nitriles is 1. The lowest BCUT2D eigenvalue weighted by molar-refractivity contribution is -0.139. The van der Waals surface area contributed by atoms with E-state index in [-0.39, 0.29) is 11.3 Å². The lowest BCUT2D eigenvalue weighted by Crippen LogP contribution is -2.13. The molecule has 0 saturated heterocycles. The summed E-state index contributed by atoms with van der Waals surface area (Å²) < 4.78 is 16.4. The van der Waals surface area contributed by atoms with Crippen molar-refractivity contribution in [3.05, 3.63) is 65.8 Å². The van der Waals surface area contributed by atoms with Crippen LogP contribution in [0.4, 0.5) is 5.69 Å². The van der Waals surface area contributed by atoms with Gasteiger partial charge < -0.3 is 24.6 Å². The number of allylic oxidation sites excluding steroid dienone is 1. The molecule has 0 heterocycles. The second kappa shape index (κ2) is 12.6. The van der Waals surface area contributed by atoms with Crippen molar-refractivity contribution in [1.29, 1.82) is 5.26 Å². The molecular formula is C25H26N2O6. The highest BCUT2D eigenvalue weighted by atomic mass is 16.5. The summed E-state index contributed by atoms with van der Waals surface area (Å²) in [6, 6.07) is 12.0. The molecule has 0 aliphatic rings. The predicted octanol–water partition coefficient (Wildman–Crippen LogP) is 4.22. The topological polar surface area (TPSA) is 118 Å². The number of nitrogens with zero attached hydrogens (tertiary/aromatic N) is 1. The van der Waals surface area contributed by atoms with E-state index in [1.165, 1.54) is 6.08 Å². The number of amides is 1. The fourth-order valence-corrected chi connectivity index (χ4v) is 2.95. The van der Waals surface area contributed by atoms with Crippen LogP contribution in [0.2, 0.25) is 0 Å². The van der Waals surface area contributed by atoms with E-state index in [1.54, 1.807) is 49.4 Å². The molecule has 0 bridgehead atoms. The van der Waals surface area contributed by atoms with Gasteiger partial charge in [-0.1, -0.05) is 6.08 Å². The zero-order valence-corrected chi connectivity index (χ0v) is 18.6. The summed E-state index contributed by atoms with van der Waals surface area (Å²) >= 11 is 0. The zero-order valence-electron chi connectivity index (χ0n) is 18.6. The average molecular weight is 450 g/mol. The fourth-order valence-electron chi connectivity index (χ4n) is 2.95. The van der Waals surface area contributed by atoms with Crippen molar-refractivity contribution in [2.75, 3.05) is 25.1 Å². The second-order valence-corrected chi connectivity index (χ2v) is 6.70. The molecule has 2 aromatic rings. The maximum atomic E-state index is 12.7. The van der Waals surface area contributed by atoms with Gasteiger partial charge in [0.2, 0.25) is 0 Å². The Bertz CT molecular complexity index is 1070. The molecule has 0 aromatic heterocycles. The van der Waals surface area contributed by atoms with E-state index in [2.05, 4.69) is 11.9 Å². The first-order chi connectivity index (χ1) is 15.9. The van der Waals surface area contributed by atoms with Crippen molar-refractivity contribution in [1.82, 2.24) is 0 Å². The van der Waals surface area contributed by atoms with Crippen LogP contribution in [0.15, 0.2) is 54.6 Å². The first-order valence-corrected chi connectivity index (χ1v) is 10.3. The Morgan fingerprint density at radius 2 is 1.82 bits per heavy atom. The molecule has 33 heavy (non-hydrogen) atoms. The van der Waals surface area contributed by atoms with Gasteiger partial charge in [-0.15, -0.1) is 6.58 Å². The number of hydrogen-bond acceptors (Lipinski definition) is 6. The van der Waals surface area contributed by atoms with Crippen LogP contribution in [-0.2, 0) is 16.0 Å². The van der Waals surface area contributed by atoms with Gasteiger partial charge in [-0.2, -0.15) is 5.26 Å². The predicted molar refractivity (Wildman–Crippen MR) is 124 cm³/mol. The third-order valence-corrected chi connectivity index (χ3v) is 4.26. The van der Waals surface area contributed by atoms with E-state index in [1.807, 2.05) is 13.0 Å². The fraction of sp³-hybridized carbons (Fsp3) is 0.240. The van der Waals surface area contributed by atoms with Gasteiger partial charge in [0.1, 0.15) is 17.4 Å². The van der Waals surface area contributed by atoms with Crippen LogP contribution in [0.25, 0.3) is 6.08 Å². The Labute approximate surface area is 192 Å². The number of anilines is 1. The van der Waals surface area contributed by atoms with Gasteiger partial charge >= 0.3 is 5.97 Å². The van der Waals surface area contributed by atoms with E-state index in [0.29, 0.717) is 47.9 Å². The molecule has 0 unspecified atom stereocenters. The monoisotopic (exact) mass is 450 g/mol. The van der Waals surface area contributed by atoms with Gasteiger partial charge in [-0.3, -0.25) is 4.79 Å². The van der Waals surface area contributed by atoms with Crippen molar-refractivity contribution < 1.29 is 28.9 Å².